The molecule has 2 heterocycles. The van der Waals surface area contributed by atoms with Crippen LogP contribution >= 0.6 is 15.9 Å². The Balaban J connectivity index is 1.81. The van der Waals surface area contributed by atoms with Crippen LogP contribution in [-0.2, 0) is 11.3 Å². The average Bonchev–Trinajstić information content (AvgIpc) is 2.85. The van der Waals surface area contributed by atoms with Crippen LogP contribution in [0.15, 0.2) is 28.9 Å². The van der Waals surface area contributed by atoms with Crippen molar-refractivity contribution in [2.45, 2.75) is 13.5 Å². The summed E-state index contributed by atoms with van der Waals surface area (Å²) >= 11 is 3.53. The SMILES string of the molecule is Cc1ccc(-c2cn(CC3(CO)COC3)nn2)cc1Br. The predicted molar refractivity (Wildman–Crippen MR) is 78.2 cm³/mol. The van der Waals surface area contributed by atoms with Gasteiger partial charge in [-0.25, -0.2) is 0 Å². The highest BCUT2D eigenvalue weighted by Crippen LogP contribution is 2.29. The van der Waals surface area contributed by atoms with Gasteiger partial charge < -0.3 is 9.84 Å². The molecule has 1 saturated heterocycles. The van der Waals surface area contributed by atoms with E-state index in [0.29, 0.717) is 19.8 Å². The Labute approximate surface area is 125 Å². The molecule has 1 aliphatic rings. The van der Waals surface area contributed by atoms with Crippen molar-refractivity contribution in [1.29, 1.82) is 0 Å². The number of aromatic nitrogens is 3. The quantitative estimate of drug-likeness (QED) is 0.927. The van der Waals surface area contributed by atoms with Gasteiger partial charge in [0.2, 0.25) is 0 Å². The molecule has 1 aromatic heterocycles. The molecule has 6 heteroatoms. The van der Waals surface area contributed by atoms with E-state index in [2.05, 4.69) is 26.2 Å². The first-order valence-electron chi connectivity index (χ1n) is 6.47. The summed E-state index contributed by atoms with van der Waals surface area (Å²) in [6.07, 6.45) is 1.91. The maximum Gasteiger partial charge on any atom is 0.113 e. The van der Waals surface area contributed by atoms with Gasteiger partial charge in [-0.2, -0.15) is 0 Å². The molecule has 1 aromatic carbocycles. The summed E-state index contributed by atoms with van der Waals surface area (Å²) in [6.45, 7) is 3.94. The number of nitrogens with zero attached hydrogens (tertiary/aromatic N) is 3. The van der Waals surface area contributed by atoms with Crippen LogP contribution < -0.4 is 0 Å². The molecule has 0 aliphatic carbocycles. The largest absolute Gasteiger partial charge is 0.396 e. The van der Waals surface area contributed by atoms with Crippen LogP contribution in [0, 0.1) is 12.3 Å². The second-order valence-electron chi connectivity index (χ2n) is 5.42. The third-order valence-electron chi connectivity index (χ3n) is 3.66. The Morgan fingerprint density at radius 3 is 2.85 bits per heavy atom. The first kappa shape index (κ1) is 13.7. The predicted octanol–water partition coefficient (Wildman–Crippen LogP) is 2.02. The van der Waals surface area contributed by atoms with Gasteiger partial charge in [0, 0.05) is 10.0 Å². The van der Waals surface area contributed by atoms with Gasteiger partial charge in [-0.1, -0.05) is 33.3 Å². The molecule has 0 saturated carbocycles. The number of hydrogen-bond donors (Lipinski definition) is 1. The molecular formula is C14H16BrN3O2. The van der Waals surface area contributed by atoms with E-state index in [4.69, 9.17) is 4.74 Å². The molecule has 5 nitrogen and oxygen atoms in total. The Hall–Kier alpha value is -1.24. The summed E-state index contributed by atoms with van der Waals surface area (Å²) in [7, 11) is 0. The monoisotopic (exact) mass is 337 g/mol. The van der Waals surface area contributed by atoms with Crippen molar-refractivity contribution in [3.8, 4) is 11.3 Å². The summed E-state index contributed by atoms with van der Waals surface area (Å²) in [4.78, 5) is 0. The Kier molecular flexibility index (Phi) is 3.62. The fourth-order valence-corrected chi connectivity index (χ4v) is 2.61. The van der Waals surface area contributed by atoms with Crippen LogP contribution in [0.5, 0.6) is 0 Å². The zero-order chi connectivity index (χ0) is 14.2. The zero-order valence-electron chi connectivity index (χ0n) is 11.2. The standard InChI is InChI=1S/C14H16BrN3O2/c1-10-2-3-11(4-12(10)15)13-5-18(17-16-13)6-14(7-19)8-20-9-14/h2-5,19H,6-9H2,1H3. The molecule has 106 valence electrons. The molecule has 1 aliphatic heterocycles. The van der Waals surface area contributed by atoms with Crippen LogP contribution in [0.2, 0.25) is 0 Å². The molecule has 0 atom stereocenters. The number of hydrogen-bond acceptors (Lipinski definition) is 4. The van der Waals surface area contributed by atoms with E-state index < -0.39 is 0 Å². The molecule has 0 spiro atoms. The Morgan fingerprint density at radius 1 is 1.45 bits per heavy atom. The summed E-state index contributed by atoms with van der Waals surface area (Å²) in [5.74, 6) is 0. The lowest BCUT2D eigenvalue weighted by Gasteiger charge is -2.39. The van der Waals surface area contributed by atoms with Crippen molar-refractivity contribution in [1.82, 2.24) is 15.0 Å². The zero-order valence-corrected chi connectivity index (χ0v) is 12.8. The van der Waals surface area contributed by atoms with Crippen LogP contribution in [-0.4, -0.2) is 39.9 Å². The van der Waals surface area contributed by atoms with Crippen LogP contribution in [0.1, 0.15) is 5.56 Å². The van der Waals surface area contributed by atoms with Gasteiger partial charge in [-0.3, -0.25) is 4.68 Å². The van der Waals surface area contributed by atoms with Crippen molar-refractivity contribution in [2.24, 2.45) is 5.41 Å². The van der Waals surface area contributed by atoms with Crippen LogP contribution in [0.25, 0.3) is 11.3 Å². The minimum Gasteiger partial charge on any atom is -0.396 e. The van der Waals surface area contributed by atoms with Gasteiger partial charge >= 0.3 is 0 Å². The maximum absolute atomic E-state index is 9.44. The smallest absolute Gasteiger partial charge is 0.113 e. The van der Waals surface area contributed by atoms with Gasteiger partial charge in [-0.15, -0.1) is 5.10 Å². The van der Waals surface area contributed by atoms with Crippen molar-refractivity contribution < 1.29 is 9.84 Å². The topological polar surface area (TPSA) is 60.2 Å². The average molecular weight is 338 g/mol. The van der Waals surface area contributed by atoms with Gasteiger partial charge in [0.15, 0.2) is 0 Å². The number of ether oxygens (including phenoxy) is 1. The van der Waals surface area contributed by atoms with Crippen LogP contribution in [0.4, 0.5) is 0 Å². The summed E-state index contributed by atoms with van der Waals surface area (Å²) in [5.41, 5.74) is 2.85. The highest BCUT2D eigenvalue weighted by Gasteiger charge is 2.38. The summed E-state index contributed by atoms with van der Waals surface area (Å²) in [6, 6.07) is 6.12. The lowest BCUT2D eigenvalue weighted by Crippen LogP contribution is -2.48. The third kappa shape index (κ3) is 2.51. The van der Waals surface area contributed by atoms with E-state index in [1.54, 1.807) is 4.68 Å². The maximum atomic E-state index is 9.44. The molecule has 0 unspecified atom stereocenters. The lowest BCUT2D eigenvalue weighted by atomic mass is 9.87. The molecule has 1 fully saturated rings. The molecular weight excluding hydrogens is 322 g/mol. The van der Waals surface area contributed by atoms with Gasteiger partial charge in [0.1, 0.15) is 5.69 Å². The first-order valence-corrected chi connectivity index (χ1v) is 7.26. The van der Waals surface area contributed by atoms with Gasteiger partial charge in [-0.05, 0) is 18.6 Å². The number of aryl methyl sites for hydroxylation is 1. The number of benzene rings is 1. The van der Waals surface area contributed by atoms with Crippen molar-refractivity contribution in [3.05, 3.63) is 34.4 Å². The Bertz CT molecular complexity index is 617. The molecule has 1 N–H and O–H groups in total. The number of rotatable bonds is 4. The normalized spacial score (nSPS) is 16.9. The second kappa shape index (κ2) is 5.27. The van der Waals surface area contributed by atoms with E-state index in [1.807, 2.05) is 31.3 Å². The summed E-state index contributed by atoms with van der Waals surface area (Å²) in [5, 5.41) is 17.8. The number of aliphatic hydroxyl groups is 1. The number of aliphatic hydroxyl groups excluding tert-OH is 1. The van der Waals surface area contributed by atoms with Gasteiger partial charge in [0.05, 0.1) is 38.0 Å². The van der Waals surface area contributed by atoms with Gasteiger partial charge in [0.25, 0.3) is 0 Å². The molecule has 3 rings (SSSR count). The molecule has 20 heavy (non-hydrogen) atoms. The van der Waals surface area contributed by atoms with E-state index in [0.717, 1.165) is 15.7 Å². The number of halogens is 1. The van der Waals surface area contributed by atoms with Crippen molar-refractivity contribution in [3.63, 3.8) is 0 Å². The van der Waals surface area contributed by atoms with E-state index in [9.17, 15) is 5.11 Å². The fourth-order valence-electron chi connectivity index (χ4n) is 2.23. The first-order chi connectivity index (χ1) is 9.62. The molecule has 2 aromatic rings. The lowest BCUT2D eigenvalue weighted by molar-refractivity contribution is -0.146. The molecule has 0 amide bonds. The summed E-state index contributed by atoms with van der Waals surface area (Å²) < 4.78 is 8.03. The van der Waals surface area contributed by atoms with Crippen molar-refractivity contribution in [2.75, 3.05) is 19.8 Å². The second-order valence-corrected chi connectivity index (χ2v) is 6.27. The third-order valence-corrected chi connectivity index (χ3v) is 4.51. The minimum absolute atomic E-state index is 0.109. The van der Waals surface area contributed by atoms with E-state index in [-0.39, 0.29) is 12.0 Å². The highest BCUT2D eigenvalue weighted by atomic mass is 79.9. The van der Waals surface area contributed by atoms with Crippen molar-refractivity contribution >= 4 is 15.9 Å². The molecule has 0 radical (unpaired) electrons. The van der Waals surface area contributed by atoms with E-state index in [1.165, 1.54) is 5.56 Å². The van der Waals surface area contributed by atoms with Crippen LogP contribution in [0.3, 0.4) is 0 Å². The fraction of sp³-hybridized carbons (Fsp3) is 0.429. The highest BCUT2D eigenvalue weighted by molar-refractivity contribution is 9.10. The minimum atomic E-state index is -0.196. The Morgan fingerprint density at radius 2 is 2.25 bits per heavy atom. The van der Waals surface area contributed by atoms with E-state index >= 15 is 0 Å². The molecule has 0 bridgehead atoms.